The van der Waals surface area contributed by atoms with Crippen molar-refractivity contribution in [1.29, 1.82) is 0 Å². The first-order valence-electron chi connectivity index (χ1n) is 6.69. The minimum absolute atomic E-state index is 0.278. The van der Waals surface area contributed by atoms with Crippen LogP contribution in [-0.4, -0.2) is 28.9 Å². The SMILES string of the molecule is C#CCNC(C(=O)OCC)c1cnn(-c2ccccc2)c1. The van der Waals surface area contributed by atoms with Crippen LogP contribution in [0.1, 0.15) is 18.5 Å². The van der Waals surface area contributed by atoms with Crippen LogP contribution >= 0.6 is 0 Å². The Hall–Kier alpha value is -2.58. The molecule has 21 heavy (non-hydrogen) atoms. The molecule has 5 heteroatoms. The van der Waals surface area contributed by atoms with E-state index in [9.17, 15) is 4.79 Å². The second kappa shape index (κ2) is 7.27. The largest absolute Gasteiger partial charge is 0.465 e. The highest BCUT2D eigenvalue weighted by molar-refractivity contribution is 5.77. The smallest absolute Gasteiger partial charge is 0.327 e. The molecule has 0 fully saturated rings. The van der Waals surface area contributed by atoms with Crippen molar-refractivity contribution in [3.05, 3.63) is 48.3 Å². The summed E-state index contributed by atoms with van der Waals surface area (Å²) in [4.78, 5) is 12.0. The van der Waals surface area contributed by atoms with Crippen LogP contribution in [0.4, 0.5) is 0 Å². The van der Waals surface area contributed by atoms with Crippen molar-refractivity contribution in [3.8, 4) is 18.0 Å². The molecule has 0 saturated carbocycles. The minimum Gasteiger partial charge on any atom is -0.465 e. The number of hydrogen-bond acceptors (Lipinski definition) is 4. The van der Waals surface area contributed by atoms with Gasteiger partial charge in [0, 0.05) is 11.8 Å². The predicted molar refractivity (Wildman–Crippen MR) is 79.8 cm³/mol. The first-order valence-corrected chi connectivity index (χ1v) is 6.69. The van der Waals surface area contributed by atoms with Gasteiger partial charge in [0.05, 0.1) is 25.0 Å². The zero-order chi connectivity index (χ0) is 15.1. The summed E-state index contributed by atoms with van der Waals surface area (Å²) in [7, 11) is 0. The van der Waals surface area contributed by atoms with Gasteiger partial charge in [0.25, 0.3) is 0 Å². The van der Waals surface area contributed by atoms with E-state index >= 15 is 0 Å². The molecule has 2 aromatic rings. The van der Waals surface area contributed by atoms with E-state index in [1.165, 1.54) is 0 Å². The third-order valence-electron chi connectivity index (χ3n) is 2.89. The van der Waals surface area contributed by atoms with E-state index in [1.54, 1.807) is 24.0 Å². The van der Waals surface area contributed by atoms with Crippen molar-refractivity contribution in [1.82, 2.24) is 15.1 Å². The van der Waals surface area contributed by atoms with Crippen LogP contribution in [0.3, 0.4) is 0 Å². The lowest BCUT2D eigenvalue weighted by Gasteiger charge is -2.14. The zero-order valence-electron chi connectivity index (χ0n) is 11.8. The molecule has 0 amide bonds. The molecule has 1 aromatic heterocycles. The van der Waals surface area contributed by atoms with Crippen LogP contribution in [0, 0.1) is 12.3 Å². The number of rotatable bonds is 6. The van der Waals surface area contributed by atoms with Gasteiger partial charge in [-0.3, -0.25) is 5.32 Å². The summed E-state index contributed by atoms with van der Waals surface area (Å²) < 4.78 is 6.77. The van der Waals surface area contributed by atoms with E-state index in [2.05, 4.69) is 16.3 Å². The Balaban J connectivity index is 2.23. The number of aromatic nitrogens is 2. The van der Waals surface area contributed by atoms with Crippen molar-refractivity contribution >= 4 is 5.97 Å². The quantitative estimate of drug-likeness (QED) is 0.647. The highest BCUT2D eigenvalue weighted by Crippen LogP contribution is 2.16. The Morgan fingerprint density at radius 3 is 2.90 bits per heavy atom. The van der Waals surface area contributed by atoms with Crippen molar-refractivity contribution in [3.63, 3.8) is 0 Å². The molecular formula is C16H17N3O2. The number of terminal acetylenes is 1. The molecule has 0 radical (unpaired) electrons. The van der Waals surface area contributed by atoms with E-state index in [1.807, 2.05) is 30.3 Å². The number of carbonyl (C=O) groups excluding carboxylic acids is 1. The first-order chi connectivity index (χ1) is 10.3. The normalized spacial score (nSPS) is 11.6. The summed E-state index contributed by atoms with van der Waals surface area (Å²) in [6, 6.07) is 9.05. The molecular weight excluding hydrogens is 266 g/mol. The monoisotopic (exact) mass is 283 g/mol. The van der Waals surface area contributed by atoms with Crippen molar-refractivity contribution in [2.45, 2.75) is 13.0 Å². The maximum Gasteiger partial charge on any atom is 0.327 e. The van der Waals surface area contributed by atoms with Gasteiger partial charge in [-0.05, 0) is 19.1 Å². The maximum atomic E-state index is 12.0. The fourth-order valence-corrected chi connectivity index (χ4v) is 1.93. The fraction of sp³-hybridized carbons (Fsp3) is 0.250. The van der Waals surface area contributed by atoms with Crippen LogP contribution in [0.25, 0.3) is 5.69 Å². The lowest BCUT2D eigenvalue weighted by molar-refractivity contribution is -0.145. The van der Waals surface area contributed by atoms with Gasteiger partial charge < -0.3 is 4.74 Å². The third-order valence-corrected chi connectivity index (χ3v) is 2.89. The van der Waals surface area contributed by atoms with E-state index in [-0.39, 0.29) is 12.5 Å². The summed E-state index contributed by atoms with van der Waals surface area (Å²) in [6.45, 7) is 2.36. The number of nitrogens with one attached hydrogen (secondary N) is 1. The molecule has 0 saturated heterocycles. The summed E-state index contributed by atoms with van der Waals surface area (Å²) in [6.07, 6.45) is 8.67. The van der Waals surface area contributed by atoms with Crippen LogP contribution in [0.2, 0.25) is 0 Å². The fourth-order valence-electron chi connectivity index (χ4n) is 1.93. The van der Waals surface area contributed by atoms with E-state index < -0.39 is 6.04 Å². The summed E-state index contributed by atoms with van der Waals surface area (Å²) in [5.74, 6) is 2.10. The van der Waals surface area contributed by atoms with Gasteiger partial charge in [-0.25, -0.2) is 9.48 Å². The Morgan fingerprint density at radius 1 is 1.48 bits per heavy atom. The maximum absolute atomic E-state index is 12.0. The van der Waals surface area contributed by atoms with Crippen molar-refractivity contribution in [2.24, 2.45) is 0 Å². The van der Waals surface area contributed by atoms with E-state index in [0.717, 1.165) is 5.69 Å². The number of benzene rings is 1. The topological polar surface area (TPSA) is 56.1 Å². The molecule has 1 N–H and O–H groups in total. The third kappa shape index (κ3) is 3.71. The van der Waals surface area contributed by atoms with Gasteiger partial charge in [-0.2, -0.15) is 5.10 Å². The van der Waals surface area contributed by atoms with Crippen molar-refractivity contribution in [2.75, 3.05) is 13.2 Å². The Morgan fingerprint density at radius 2 is 2.24 bits per heavy atom. The van der Waals surface area contributed by atoms with Gasteiger partial charge in [0.2, 0.25) is 0 Å². The summed E-state index contributed by atoms with van der Waals surface area (Å²) >= 11 is 0. The molecule has 1 heterocycles. The molecule has 1 atom stereocenters. The van der Waals surface area contributed by atoms with Gasteiger partial charge in [-0.1, -0.05) is 24.1 Å². The second-order valence-electron chi connectivity index (χ2n) is 4.32. The van der Waals surface area contributed by atoms with Crippen molar-refractivity contribution < 1.29 is 9.53 Å². The summed E-state index contributed by atoms with van der Waals surface area (Å²) in [5, 5.41) is 7.25. The van der Waals surface area contributed by atoms with Gasteiger partial charge in [-0.15, -0.1) is 6.42 Å². The lowest BCUT2D eigenvalue weighted by atomic mass is 10.1. The Labute approximate surface area is 123 Å². The number of esters is 1. The van der Waals surface area contributed by atoms with Gasteiger partial charge in [0.1, 0.15) is 6.04 Å². The second-order valence-corrected chi connectivity index (χ2v) is 4.32. The number of hydrogen-bond donors (Lipinski definition) is 1. The molecule has 2 rings (SSSR count). The highest BCUT2D eigenvalue weighted by atomic mass is 16.5. The van der Waals surface area contributed by atoms with E-state index in [0.29, 0.717) is 12.2 Å². The molecule has 108 valence electrons. The standard InChI is InChI=1S/C16H17N3O2/c1-3-10-17-15(16(20)21-4-2)13-11-18-19(12-13)14-8-6-5-7-9-14/h1,5-9,11-12,15,17H,4,10H2,2H3. The molecule has 5 nitrogen and oxygen atoms in total. The number of ether oxygens (including phenoxy) is 1. The number of nitrogens with zero attached hydrogens (tertiary/aromatic N) is 2. The summed E-state index contributed by atoms with van der Waals surface area (Å²) in [5.41, 5.74) is 1.64. The molecule has 0 aliphatic carbocycles. The van der Waals surface area contributed by atoms with Gasteiger partial charge >= 0.3 is 5.97 Å². The van der Waals surface area contributed by atoms with Gasteiger partial charge in [0.15, 0.2) is 0 Å². The van der Waals surface area contributed by atoms with Crippen LogP contribution in [0.15, 0.2) is 42.7 Å². The average Bonchev–Trinajstić information content (AvgIpc) is 2.98. The molecule has 0 aliphatic heterocycles. The van der Waals surface area contributed by atoms with Crippen LogP contribution < -0.4 is 5.32 Å². The molecule has 0 aliphatic rings. The first kappa shape index (κ1) is 14.8. The van der Waals surface area contributed by atoms with Crippen LogP contribution in [0.5, 0.6) is 0 Å². The zero-order valence-corrected chi connectivity index (χ0v) is 11.8. The predicted octanol–water partition coefficient (Wildman–Crippen LogP) is 1.70. The number of carbonyl (C=O) groups is 1. The molecule has 0 spiro atoms. The van der Waals surface area contributed by atoms with Crippen LogP contribution in [-0.2, 0) is 9.53 Å². The Bertz CT molecular complexity index is 628. The molecule has 1 unspecified atom stereocenters. The lowest BCUT2D eigenvalue weighted by Crippen LogP contribution is -2.30. The molecule has 1 aromatic carbocycles. The Kier molecular flexibility index (Phi) is 5.13. The number of para-hydroxylation sites is 1. The average molecular weight is 283 g/mol. The highest BCUT2D eigenvalue weighted by Gasteiger charge is 2.22. The minimum atomic E-state index is -0.613. The molecule has 0 bridgehead atoms. The van der Waals surface area contributed by atoms with E-state index in [4.69, 9.17) is 11.2 Å².